The van der Waals surface area contributed by atoms with Crippen molar-refractivity contribution in [1.29, 1.82) is 0 Å². The molecule has 0 aliphatic rings. The standard InChI is InChI=1S/C53H35N3/c1-4-17-36(18-5-1)42-25-10-11-26-43(42)39-32-48(37-19-6-2-7-20-37)54-49(33-39)38-21-16-24-41(31-38)56-51-30-15-13-28-45(51)47-34-46-44-27-12-14-29-50(44)55(52(46)35-53(47)56)40-22-8-3-9-23-40/h1-35H. The molecular weight excluding hydrogens is 679 g/mol. The van der Waals surface area contributed by atoms with Crippen molar-refractivity contribution >= 4 is 43.6 Å². The zero-order chi connectivity index (χ0) is 37.0. The van der Waals surface area contributed by atoms with Crippen LogP contribution in [0, 0.1) is 0 Å². The Bertz CT molecular complexity index is 3230. The molecule has 56 heavy (non-hydrogen) atoms. The molecule has 11 aromatic rings. The topological polar surface area (TPSA) is 22.8 Å². The van der Waals surface area contributed by atoms with Crippen LogP contribution in [0.4, 0.5) is 0 Å². The summed E-state index contributed by atoms with van der Waals surface area (Å²) < 4.78 is 4.82. The summed E-state index contributed by atoms with van der Waals surface area (Å²) in [5.41, 5.74) is 15.7. The van der Waals surface area contributed by atoms with E-state index >= 15 is 0 Å². The summed E-state index contributed by atoms with van der Waals surface area (Å²) in [6.45, 7) is 0. The fourth-order valence-corrected chi connectivity index (χ4v) is 8.56. The number of fused-ring (bicyclic) bond motifs is 6. The number of para-hydroxylation sites is 3. The third kappa shape index (κ3) is 5.25. The van der Waals surface area contributed by atoms with Gasteiger partial charge in [0.05, 0.1) is 33.5 Å². The highest BCUT2D eigenvalue weighted by atomic mass is 15.0. The van der Waals surface area contributed by atoms with Crippen molar-refractivity contribution in [3.8, 4) is 56.1 Å². The molecule has 11 rings (SSSR count). The molecule has 3 heteroatoms. The molecule has 0 spiro atoms. The Balaban J connectivity index is 1.14. The minimum Gasteiger partial charge on any atom is -0.309 e. The zero-order valence-electron chi connectivity index (χ0n) is 30.5. The summed E-state index contributed by atoms with van der Waals surface area (Å²) in [4.78, 5) is 5.35. The van der Waals surface area contributed by atoms with Crippen LogP contribution in [-0.2, 0) is 0 Å². The fourth-order valence-electron chi connectivity index (χ4n) is 8.56. The van der Waals surface area contributed by atoms with Gasteiger partial charge in [-0.25, -0.2) is 4.98 Å². The molecule has 0 fully saturated rings. The predicted molar refractivity (Wildman–Crippen MR) is 235 cm³/mol. The Labute approximate surface area is 325 Å². The Hall–Kier alpha value is -7.49. The van der Waals surface area contributed by atoms with Crippen LogP contribution < -0.4 is 0 Å². The summed E-state index contributed by atoms with van der Waals surface area (Å²) in [7, 11) is 0. The molecule has 0 aliphatic heterocycles. The zero-order valence-corrected chi connectivity index (χ0v) is 30.5. The lowest BCUT2D eigenvalue weighted by molar-refractivity contribution is 1.16. The SMILES string of the molecule is c1ccc(-c2cc(-c3ccccc3-c3ccccc3)cc(-c3cccc(-n4c5ccccc5c5cc6c7ccccc7n(-c7ccccc7)c6cc54)c3)n2)cc1. The third-order valence-electron chi connectivity index (χ3n) is 11.1. The van der Waals surface area contributed by atoms with E-state index in [4.69, 9.17) is 4.98 Å². The number of hydrogen-bond donors (Lipinski definition) is 0. The van der Waals surface area contributed by atoms with Gasteiger partial charge in [0.15, 0.2) is 0 Å². The number of hydrogen-bond acceptors (Lipinski definition) is 1. The van der Waals surface area contributed by atoms with Crippen LogP contribution in [0.3, 0.4) is 0 Å². The number of nitrogens with zero attached hydrogens (tertiary/aromatic N) is 3. The largest absolute Gasteiger partial charge is 0.309 e. The summed E-state index contributed by atoms with van der Waals surface area (Å²) >= 11 is 0. The molecule has 262 valence electrons. The highest BCUT2D eigenvalue weighted by Gasteiger charge is 2.19. The van der Waals surface area contributed by atoms with E-state index in [0.717, 1.165) is 39.5 Å². The van der Waals surface area contributed by atoms with E-state index in [2.05, 4.69) is 221 Å². The van der Waals surface area contributed by atoms with Crippen LogP contribution in [-0.4, -0.2) is 14.1 Å². The van der Waals surface area contributed by atoms with Gasteiger partial charge in [-0.1, -0.05) is 152 Å². The van der Waals surface area contributed by atoms with Crippen LogP contribution in [0.15, 0.2) is 212 Å². The van der Waals surface area contributed by atoms with E-state index in [1.807, 2.05) is 0 Å². The summed E-state index contributed by atoms with van der Waals surface area (Å²) in [6.07, 6.45) is 0. The average Bonchev–Trinajstić information content (AvgIpc) is 3.78. The van der Waals surface area contributed by atoms with Crippen molar-refractivity contribution in [1.82, 2.24) is 14.1 Å². The molecule has 0 saturated carbocycles. The molecule has 0 bridgehead atoms. The second-order valence-corrected chi connectivity index (χ2v) is 14.4. The monoisotopic (exact) mass is 713 g/mol. The molecule has 0 aliphatic carbocycles. The molecule has 0 saturated heterocycles. The van der Waals surface area contributed by atoms with Gasteiger partial charge in [-0.3, -0.25) is 0 Å². The van der Waals surface area contributed by atoms with Gasteiger partial charge in [0, 0.05) is 44.0 Å². The first-order valence-corrected chi connectivity index (χ1v) is 19.1. The maximum absolute atomic E-state index is 5.35. The quantitative estimate of drug-likeness (QED) is 0.168. The third-order valence-corrected chi connectivity index (χ3v) is 11.1. The molecular formula is C53H35N3. The Kier molecular flexibility index (Phi) is 7.49. The summed E-state index contributed by atoms with van der Waals surface area (Å²) in [6, 6.07) is 76.2. The van der Waals surface area contributed by atoms with Crippen molar-refractivity contribution in [3.05, 3.63) is 212 Å². The van der Waals surface area contributed by atoms with Crippen molar-refractivity contribution in [2.24, 2.45) is 0 Å². The summed E-state index contributed by atoms with van der Waals surface area (Å²) in [5, 5.41) is 4.97. The van der Waals surface area contributed by atoms with Crippen LogP contribution >= 0.6 is 0 Å². The molecule has 3 nitrogen and oxygen atoms in total. The van der Waals surface area contributed by atoms with Crippen molar-refractivity contribution < 1.29 is 0 Å². The van der Waals surface area contributed by atoms with Crippen LogP contribution in [0.5, 0.6) is 0 Å². The van der Waals surface area contributed by atoms with Gasteiger partial charge >= 0.3 is 0 Å². The first-order valence-electron chi connectivity index (χ1n) is 19.1. The van der Waals surface area contributed by atoms with Crippen molar-refractivity contribution in [3.63, 3.8) is 0 Å². The van der Waals surface area contributed by atoms with Crippen LogP contribution in [0.25, 0.3) is 99.8 Å². The fraction of sp³-hybridized carbons (Fsp3) is 0. The molecule has 0 amide bonds. The first-order chi connectivity index (χ1) is 27.8. The Morgan fingerprint density at radius 3 is 1.38 bits per heavy atom. The normalized spacial score (nSPS) is 11.6. The van der Waals surface area contributed by atoms with Gasteiger partial charge in [0.25, 0.3) is 0 Å². The van der Waals surface area contributed by atoms with Gasteiger partial charge in [-0.15, -0.1) is 0 Å². The van der Waals surface area contributed by atoms with Gasteiger partial charge in [-0.2, -0.15) is 0 Å². The molecule has 0 N–H and O–H groups in total. The van der Waals surface area contributed by atoms with E-state index in [9.17, 15) is 0 Å². The second-order valence-electron chi connectivity index (χ2n) is 14.4. The lowest BCUT2D eigenvalue weighted by atomic mass is 9.93. The van der Waals surface area contributed by atoms with Crippen LogP contribution in [0.1, 0.15) is 0 Å². The number of rotatable bonds is 6. The van der Waals surface area contributed by atoms with E-state index < -0.39 is 0 Å². The number of aromatic nitrogens is 3. The van der Waals surface area contributed by atoms with Gasteiger partial charge in [0.2, 0.25) is 0 Å². The van der Waals surface area contributed by atoms with E-state index in [1.165, 1.54) is 60.3 Å². The van der Waals surface area contributed by atoms with Gasteiger partial charge < -0.3 is 9.13 Å². The lowest BCUT2D eigenvalue weighted by Crippen LogP contribution is -1.97. The molecule has 0 unspecified atom stereocenters. The molecule has 3 aromatic heterocycles. The maximum Gasteiger partial charge on any atom is 0.0716 e. The smallest absolute Gasteiger partial charge is 0.0716 e. The van der Waals surface area contributed by atoms with E-state index in [1.54, 1.807) is 0 Å². The van der Waals surface area contributed by atoms with Crippen molar-refractivity contribution in [2.45, 2.75) is 0 Å². The molecule has 8 aromatic carbocycles. The average molecular weight is 714 g/mol. The highest BCUT2D eigenvalue weighted by molar-refractivity contribution is 6.19. The summed E-state index contributed by atoms with van der Waals surface area (Å²) in [5.74, 6) is 0. The highest BCUT2D eigenvalue weighted by Crippen LogP contribution is 2.41. The number of benzene rings is 8. The van der Waals surface area contributed by atoms with Gasteiger partial charge in [-0.05, 0) is 82.9 Å². The predicted octanol–water partition coefficient (Wildman–Crippen LogP) is 13.9. The minimum atomic E-state index is 0.929. The molecule has 0 atom stereocenters. The lowest BCUT2D eigenvalue weighted by Gasteiger charge is -2.15. The Morgan fingerprint density at radius 2 is 0.732 bits per heavy atom. The second kappa shape index (κ2) is 13.1. The number of pyridine rings is 1. The maximum atomic E-state index is 5.35. The van der Waals surface area contributed by atoms with Crippen LogP contribution in [0.2, 0.25) is 0 Å². The minimum absolute atomic E-state index is 0.929. The van der Waals surface area contributed by atoms with Crippen molar-refractivity contribution in [2.75, 3.05) is 0 Å². The van der Waals surface area contributed by atoms with E-state index in [-0.39, 0.29) is 0 Å². The molecule has 3 heterocycles. The molecule has 0 radical (unpaired) electrons. The Morgan fingerprint density at radius 1 is 0.268 bits per heavy atom. The first kappa shape index (κ1) is 32.0. The van der Waals surface area contributed by atoms with E-state index in [0.29, 0.717) is 0 Å². The van der Waals surface area contributed by atoms with Gasteiger partial charge in [0.1, 0.15) is 0 Å².